The zero-order valence-electron chi connectivity index (χ0n) is 9.50. The number of imidazole rings is 1. The number of benzene rings is 1. The number of halogens is 1. The number of nitrogens with zero attached hydrogens (tertiary/aromatic N) is 1. The molecule has 0 amide bonds. The Bertz CT molecular complexity index is 625. The number of aromatic amines is 1. The predicted molar refractivity (Wildman–Crippen MR) is 72.6 cm³/mol. The standard InChI is InChI=1S/C12H13FN2S2/c1-17-12(4-5-12)7-15-10-6-8(13)2-3-9(10)14-11(15)16/h2-3,6H,4-5,7H2,1H3,(H,14,16). The van der Waals surface area contributed by atoms with Crippen molar-refractivity contribution in [1.82, 2.24) is 9.55 Å². The summed E-state index contributed by atoms with van der Waals surface area (Å²) in [7, 11) is 0. The van der Waals surface area contributed by atoms with Crippen LogP contribution in [-0.2, 0) is 6.54 Å². The van der Waals surface area contributed by atoms with Gasteiger partial charge in [0.05, 0.1) is 11.0 Å². The van der Waals surface area contributed by atoms with Gasteiger partial charge in [-0.1, -0.05) is 0 Å². The maximum atomic E-state index is 13.3. The van der Waals surface area contributed by atoms with Crippen LogP contribution in [0.4, 0.5) is 4.39 Å². The van der Waals surface area contributed by atoms with Crippen LogP contribution in [0.1, 0.15) is 12.8 Å². The van der Waals surface area contributed by atoms with Crippen LogP contribution in [0.3, 0.4) is 0 Å². The topological polar surface area (TPSA) is 20.7 Å². The van der Waals surface area contributed by atoms with E-state index < -0.39 is 0 Å². The third-order valence-corrected chi connectivity index (χ3v) is 5.15. The highest BCUT2D eigenvalue weighted by Crippen LogP contribution is 2.48. The molecule has 0 spiro atoms. The van der Waals surface area contributed by atoms with E-state index in [1.54, 1.807) is 12.1 Å². The number of aromatic nitrogens is 2. The average Bonchev–Trinajstić information content (AvgIpc) is 3.03. The molecule has 0 aliphatic heterocycles. The Hall–Kier alpha value is -0.810. The summed E-state index contributed by atoms with van der Waals surface area (Å²) in [4.78, 5) is 3.13. The molecule has 0 saturated heterocycles. The van der Waals surface area contributed by atoms with Crippen molar-refractivity contribution < 1.29 is 4.39 Å². The molecule has 1 aromatic heterocycles. The lowest BCUT2D eigenvalue weighted by Crippen LogP contribution is -2.13. The molecule has 5 heteroatoms. The summed E-state index contributed by atoms with van der Waals surface area (Å²) in [6.45, 7) is 0.871. The van der Waals surface area contributed by atoms with Crippen molar-refractivity contribution in [3.8, 4) is 0 Å². The SMILES string of the molecule is CSC1(Cn2c(=S)[nH]c3ccc(F)cc32)CC1. The van der Waals surface area contributed by atoms with Gasteiger partial charge < -0.3 is 9.55 Å². The number of H-pyrrole nitrogens is 1. The Morgan fingerprint density at radius 3 is 2.94 bits per heavy atom. The molecule has 1 aliphatic rings. The summed E-state index contributed by atoms with van der Waals surface area (Å²) < 4.78 is 16.3. The first-order valence-corrected chi connectivity index (χ1v) is 7.20. The predicted octanol–water partition coefficient (Wildman–Crippen LogP) is 3.73. The van der Waals surface area contributed by atoms with Crippen molar-refractivity contribution in [2.24, 2.45) is 0 Å². The summed E-state index contributed by atoms with van der Waals surface area (Å²) in [5.41, 5.74) is 1.78. The van der Waals surface area contributed by atoms with Crippen LogP contribution >= 0.6 is 24.0 Å². The van der Waals surface area contributed by atoms with Crippen LogP contribution in [0.5, 0.6) is 0 Å². The normalized spacial score (nSPS) is 17.5. The summed E-state index contributed by atoms with van der Waals surface area (Å²) in [5.74, 6) is -0.214. The number of thioether (sulfide) groups is 1. The van der Waals surface area contributed by atoms with Crippen molar-refractivity contribution >= 4 is 35.0 Å². The van der Waals surface area contributed by atoms with Gasteiger partial charge in [-0.05, 0) is 49.5 Å². The second-order valence-corrected chi connectivity index (χ2v) is 6.23. The molecular weight excluding hydrogens is 255 g/mol. The van der Waals surface area contributed by atoms with Gasteiger partial charge >= 0.3 is 0 Å². The minimum atomic E-state index is -0.214. The highest BCUT2D eigenvalue weighted by molar-refractivity contribution is 8.00. The molecule has 2 nitrogen and oxygen atoms in total. The molecule has 1 saturated carbocycles. The van der Waals surface area contributed by atoms with Crippen molar-refractivity contribution in [1.29, 1.82) is 0 Å². The monoisotopic (exact) mass is 268 g/mol. The Balaban J connectivity index is 2.11. The second-order valence-electron chi connectivity index (χ2n) is 4.56. The van der Waals surface area contributed by atoms with E-state index in [0.717, 1.165) is 17.6 Å². The Morgan fingerprint density at radius 1 is 1.53 bits per heavy atom. The van der Waals surface area contributed by atoms with E-state index in [4.69, 9.17) is 12.2 Å². The van der Waals surface area contributed by atoms with Gasteiger partial charge in [-0.25, -0.2) is 4.39 Å². The molecular formula is C12H13FN2S2. The fourth-order valence-electron chi connectivity index (χ4n) is 2.14. The van der Waals surface area contributed by atoms with Crippen molar-refractivity contribution in [2.75, 3.05) is 6.26 Å². The van der Waals surface area contributed by atoms with Crippen LogP contribution in [0, 0.1) is 10.6 Å². The van der Waals surface area contributed by atoms with Gasteiger partial charge in [0, 0.05) is 11.3 Å². The minimum Gasteiger partial charge on any atom is -0.331 e. The number of fused-ring (bicyclic) bond motifs is 1. The van der Waals surface area contributed by atoms with Crippen LogP contribution in [0.2, 0.25) is 0 Å². The van der Waals surface area contributed by atoms with Gasteiger partial charge in [0.2, 0.25) is 0 Å². The highest BCUT2D eigenvalue weighted by atomic mass is 32.2. The lowest BCUT2D eigenvalue weighted by atomic mass is 10.3. The zero-order chi connectivity index (χ0) is 12.0. The summed E-state index contributed by atoms with van der Waals surface area (Å²) >= 11 is 7.20. The molecule has 17 heavy (non-hydrogen) atoms. The van der Waals surface area contributed by atoms with Crippen LogP contribution in [0.25, 0.3) is 11.0 Å². The fraction of sp³-hybridized carbons (Fsp3) is 0.417. The molecule has 2 aromatic rings. The van der Waals surface area contributed by atoms with Crippen molar-refractivity contribution in [3.63, 3.8) is 0 Å². The maximum Gasteiger partial charge on any atom is 0.178 e. The Morgan fingerprint density at radius 2 is 2.29 bits per heavy atom. The summed E-state index contributed by atoms with van der Waals surface area (Å²) in [6, 6.07) is 4.76. The van der Waals surface area contributed by atoms with Gasteiger partial charge in [0.25, 0.3) is 0 Å². The molecule has 1 N–H and O–H groups in total. The van der Waals surface area contributed by atoms with Gasteiger partial charge in [0.1, 0.15) is 5.82 Å². The molecule has 1 aliphatic carbocycles. The van der Waals surface area contributed by atoms with E-state index in [1.807, 2.05) is 16.3 Å². The number of hydrogen-bond acceptors (Lipinski definition) is 2. The van der Waals surface area contributed by atoms with Gasteiger partial charge in [-0.15, -0.1) is 0 Å². The van der Waals surface area contributed by atoms with E-state index in [1.165, 1.54) is 18.9 Å². The van der Waals surface area contributed by atoms with E-state index in [-0.39, 0.29) is 5.82 Å². The summed E-state index contributed by atoms with van der Waals surface area (Å²) in [5, 5.41) is 0. The third kappa shape index (κ3) is 1.91. The first kappa shape index (κ1) is 11.3. The van der Waals surface area contributed by atoms with E-state index >= 15 is 0 Å². The Labute approximate surface area is 108 Å². The average molecular weight is 268 g/mol. The smallest absolute Gasteiger partial charge is 0.178 e. The first-order valence-electron chi connectivity index (χ1n) is 5.57. The number of rotatable bonds is 3. The Kier molecular flexibility index (Phi) is 2.56. The van der Waals surface area contributed by atoms with Crippen molar-refractivity contribution in [3.05, 3.63) is 28.8 Å². The lowest BCUT2D eigenvalue weighted by Gasteiger charge is -2.13. The van der Waals surface area contributed by atoms with Gasteiger partial charge in [-0.3, -0.25) is 0 Å². The molecule has 0 atom stereocenters. The molecule has 90 valence electrons. The number of hydrogen-bond donors (Lipinski definition) is 1. The molecule has 0 radical (unpaired) electrons. The van der Waals surface area contributed by atoms with E-state index in [9.17, 15) is 4.39 Å². The molecule has 1 fully saturated rings. The molecule has 1 aromatic carbocycles. The zero-order valence-corrected chi connectivity index (χ0v) is 11.1. The maximum absolute atomic E-state index is 13.3. The highest BCUT2D eigenvalue weighted by Gasteiger charge is 2.42. The van der Waals surface area contributed by atoms with E-state index in [0.29, 0.717) is 9.52 Å². The first-order chi connectivity index (χ1) is 8.13. The van der Waals surface area contributed by atoms with Gasteiger partial charge in [-0.2, -0.15) is 11.8 Å². The van der Waals surface area contributed by atoms with Crippen LogP contribution in [0.15, 0.2) is 18.2 Å². The lowest BCUT2D eigenvalue weighted by molar-refractivity contribution is 0.625. The second kappa shape index (κ2) is 3.85. The fourth-order valence-corrected chi connectivity index (χ4v) is 3.18. The largest absolute Gasteiger partial charge is 0.331 e. The van der Waals surface area contributed by atoms with E-state index in [2.05, 4.69) is 11.2 Å². The summed E-state index contributed by atoms with van der Waals surface area (Å²) in [6.07, 6.45) is 4.57. The van der Waals surface area contributed by atoms with Crippen molar-refractivity contribution in [2.45, 2.75) is 24.1 Å². The molecule has 0 unspecified atom stereocenters. The molecule has 0 bridgehead atoms. The minimum absolute atomic E-state index is 0.214. The van der Waals surface area contributed by atoms with Gasteiger partial charge in [0.15, 0.2) is 4.77 Å². The quantitative estimate of drug-likeness (QED) is 0.856. The third-order valence-electron chi connectivity index (χ3n) is 3.42. The molecule has 3 rings (SSSR count). The molecule has 1 heterocycles. The van der Waals surface area contributed by atoms with Crippen LogP contribution < -0.4 is 0 Å². The number of nitrogens with one attached hydrogen (secondary N) is 1. The van der Waals surface area contributed by atoms with Crippen LogP contribution in [-0.4, -0.2) is 20.6 Å².